The van der Waals surface area contributed by atoms with Crippen molar-refractivity contribution in [2.75, 3.05) is 27.7 Å². The van der Waals surface area contributed by atoms with Crippen LogP contribution < -0.4 is 0 Å². The third-order valence-corrected chi connectivity index (χ3v) is 7.11. The van der Waals surface area contributed by atoms with Crippen LogP contribution in [-0.4, -0.2) is 55.3 Å². The van der Waals surface area contributed by atoms with E-state index in [9.17, 15) is 9.59 Å². The van der Waals surface area contributed by atoms with Crippen LogP contribution in [0.2, 0.25) is 0 Å². The topological polar surface area (TPSA) is 76.7 Å². The van der Waals surface area contributed by atoms with Crippen LogP contribution in [0.5, 0.6) is 0 Å². The van der Waals surface area contributed by atoms with Crippen LogP contribution in [0, 0.1) is 13.8 Å². The Kier molecular flexibility index (Phi) is 16.5. The molecule has 1 aromatic rings. The predicted octanol–water partition coefficient (Wildman–Crippen LogP) is 7.56. The molecule has 1 atom stereocenters. The average molecular weight is 523 g/mol. The quantitative estimate of drug-likeness (QED) is 0.0966. The number of aryl methyl sites for hydroxylation is 2. The van der Waals surface area contributed by atoms with Gasteiger partial charge in [-0.15, -0.1) is 0 Å². The minimum absolute atomic E-state index is 0.133. The lowest BCUT2D eigenvalue weighted by atomic mass is 10.0. The van der Waals surface area contributed by atoms with E-state index in [4.69, 9.17) is 14.3 Å². The summed E-state index contributed by atoms with van der Waals surface area (Å²) in [6, 6.07) is 0. The highest BCUT2D eigenvalue weighted by Gasteiger charge is 2.24. The number of likely N-dealkylation sites (N-methyl/N-ethyl adjacent to an activating group) is 1. The molecule has 0 bridgehead atoms. The van der Waals surface area contributed by atoms with E-state index in [0.29, 0.717) is 17.4 Å². The molecular weight excluding hydrogens is 466 g/mol. The highest BCUT2D eigenvalue weighted by atomic mass is 16.5. The number of rotatable bonds is 22. The summed E-state index contributed by atoms with van der Waals surface area (Å²) >= 11 is 0. The van der Waals surface area contributed by atoms with Gasteiger partial charge >= 0.3 is 11.9 Å². The number of carbonyl (C=O) groups excluding carboxylic acids is 1. The highest BCUT2D eigenvalue weighted by Crippen LogP contribution is 2.24. The zero-order valence-corrected chi connectivity index (χ0v) is 24.8. The molecule has 1 aromatic heterocycles. The van der Waals surface area contributed by atoms with Crippen LogP contribution >= 0.6 is 0 Å². The second kappa shape index (κ2) is 18.4. The van der Waals surface area contributed by atoms with Gasteiger partial charge in [-0.2, -0.15) is 0 Å². The first-order valence-corrected chi connectivity index (χ1v) is 14.8. The molecular formula is C31H56NO5+. The number of unbranched alkanes of at least 4 members (excludes halogenated alkanes) is 11. The number of nitrogens with zero attached hydrogens (tertiary/aromatic N) is 1. The molecule has 1 unspecified atom stereocenters. The van der Waals surface area contributed by atoms with Crippen LogP contribution in [0.4, 0.5) is 0 Å². The molecule has 214 valence electrons. The number of hydrogen-bond acceptors (Lipinski definition) is 4. The van der Waals surface area contributed by atoms with Crippen molar-refractivity contribution in [2.24, 2.45) is 0 Å². The molecule has 1 N–H and O–H groups in total. The van der Waals surface area contributed by atoms with Crippen molar-refractivity contribution in [1.29, 1.82) is 0 Å². The van der Waals surface area contributed by atoms with Crippen LogP contribution in [0.1, 0.15) is 126 Å². The fourth-order valence-electron chi connectivity index (χ4n) is 4.94. The SMILES string of the molecule is CCCc1oc(CCCCCCCCCCCCCCC(=O)OC(CC(=O)O)C[N+](C)(C)C)c(C)c1C. The number of aliphatic carboxylic acids is 1. The Labute approximate surface area is 226 Å². The summed E-state index contributed by atoms with van der Waals surface area (Å²) in [5, 5.41) is 9.06. The minimum Gasteiger partial charge on any atom is -0.481 e. The Morgan fingerprint density at radius 3 is 1.70 bits per heavy atom. The van der Waals surface area contributed by atoms with Gasteiger partial charge in [-0.25, -0.2) is 0 Å². The normalized spacial score (nSPS) is 12.6. The number of hydrogen-bond donors (Lipinski definition) is 1. The van der Waals surface area contributed by atoms with E-state index in [-0.39, 0.29) is 12.4 Å². The van der Waals surface area contributed by atoms with Gasteiger partial charge in [-0.1, -0.05) is 71.1 Å². The van der Waals surface area contributed by atoms with Gasteiger partial charge in [-0.05, 0) is 44.2 Å². The maximum atomic E-state index is 12.1. The van der Waals surface area contributed by atoms with Crippen molar-refractivity contribution in [3.05, 3.63) is 22.6 Å². The molecule has 0 radical (unpaired) electrons. The first kappa shape index (κ1) is 33.2. The van der Waals surface area contributed by atoms with Crippen LogP contribution in [0.3, 0.4) is 0 Å². The van der Waals surface area contributed by atoms with Crippen molar-refractivity contribution in [3.63, 3.8) is 0 Å². The van der Waals surface area contributed by atoms with E-state index >= 15 is 0 Å². The number of quaternary nitrogens is 1. The van der Waals surface area contributed by atoms with Crippen molar-refractivity contribution in [3.8, 4) is 0 Å². The van der Waals surface area contributed by atoms with E-state index in [1.807, 2.05) is 21.1 Å². The summed E-state index contributed by atoms with van der Waals surface area (Å²) in [4.78, 5) is 23.2. The molecule has 0 aliphatic carbocycles. The molecule has 0 fully saturated rings. The molecule has 0 saturated heterocycles. The van der Waals surface area contributed by atoms with E-state index in [1.54, 1.807) is 0 Å². The van der Waals surface area contributed by atoms with Gasteiger partial charge in [0.1, 0.15) is 18.1 Å². The second-order valence-corrected chi connectivity index (χ2v) is 11.9. The van der Waals surface area contributed by atoms with E-state index in [0.717, 1.165) is 38.5 Å². The predicted molar refractivity (Wildman–Crippen MR) is 151 cm³/mol. The fourth-order valence-corrected chi connectivity index (χ4v) is 4.94. The third-order valence-electron chi connectivity index (χ3n) is 7.11. The summed E-state index contributed by atoms with van der Waals surface area (Å²) in [5.74, 6) is 1.20. The molecule has 0 aliphatic rings. The highest BCUT2D eigenvalue weighted by molar-refractivity contribution is 5.71. The maximum Gasteiger partial charge on any atom is 0.307 e. The molecule has 0 spiro atoms. The molecule has 0 amide bonds. The Balaban J connectivity index is 1.98. The minimum atomic E-state index is -0.928. The number of ether oxygens (including phenoxy) is 1. The van der Waals surface area contributed by atoms with Crippen molar-refractivity contribution < 1.29 is 28.3 Å². The van der Waals surface area contributed by atoms with Gasteiger partial charge in [0, 0.05) is 19.3 Å². The summed E-state index contributed by atoms with van der Waals surface area (Å²) in [6.45, 7) is 7.10. The largest absolute Gasteiger partial charge is 0.481 e. The molecule has 37 heavy (non-hydrogen) atoms. The fraction of sp³-hybridized carbons (Fsp3) is 0.806. The second-order valence-electron chi connectivity index (χ2n) is 11.9. The number of carboxylic acids is 1. The Bertz CT molecular complexity index is 777. The maximum absolute atomic E-state index is 12.1. The van der Waals surface area contributed by atoms with Crippen LogP contribution in [-0.2, 0) is 27.2 Å². The first-order valence-electron chi connectivity index (χ1n) is 14.8. The molecule has 0 aromatic carbocycles. The number of furan rings is 1. The van der Waals surface area contributed by atoms with Crippen LogP contribution in [0.15, 0.2) is 4.42 Å². The Morgan fingerprint density at radius 2 is 1.24 bits per heavy atom. The van der Waals surface area contributed by atoms with Gasteiger partial charge < -0.3 is 18.7 Å². The van der Waals surface area contributed by atoms with E-state index < -0.39 is 12.1 Å². The first-order chi connectivity index (χ1) is 17.5. The molecule has 0 saturated carbocycles. The smallest absolute Gasteiger partial charge is 0.307 e. The van der Waals surface area contributed by atoms with Gasteiger partial charge in [0.2, 0.25) is 0 Å². The molecule has 6 heteroatoms. The molecule has 6 nitrogen and oxygen atoms in total. The lowest BCUT2D eigenvalue weighted by Gasteiger charge is -2.28. The van der Waals surface area contributed by atoms with Crippen molar-refractivity contribution in [2.45, 2.75) is 136 Å². The van der Waals surface area contributed by atoms with Gasteiger partial charge in [0.25, 0.3) is 0 Å². The number of esters is 1. The number of carboxylic acid groups (broad SMARTS) is 1. The standard InChI is InChI=1S/C31H55NO5/c1-7-20-28-25(2)26(3)29(37-28)21-18-16-14-12-10-8-9-11-13-15-17-19-22-31(35)36-27(23-30(33)34)24-32(4,5)6/h27H,7-24H2,1-6H3/p+1. The van der Waals surface area contributed by atoms with Gasteiger partial charge in [0.05, 0.1) is 27.6 Å². The van der Waals surface area contributed by atoms with Gasteiger partial charge in [0.15, 0.2) is 6.10 Å². The Hall–Kier alpha value is -1.82. The van der Waals surface area contributed by atoms with Crippen molar-refractivity contribution in [1.82, 2.24) is 0 Å². The third kappa shape index (κ3) is 15.9. The summed E-state index contributed by atoms with van der Waals surface area (Å²) in [6.07, 6.45) is 17.6. The van der Waals surface area contributed by atoms with Crippen LogP contribution in [0.25, 0.3) is 0 Å². The zero-order chi connectivity index (χ0) is 27.7. The lowest BCUT2D eigenvalue weighted by Crippen LogP contribution is -2.43. The van der Waals surface area contributed by atoms with Gasteiger partial charge in [-0.3, -0.25) is 9.59 Å². The summed E-state index contributed by atoms with van der Waals surface area (Å²) in [5.41, 5.74) is 2.72. The molecule has 1 heterocycles. The monoisotopic (exact) mass is 522 g/mol. The molecule has 1 rings (SSSR count). The van der Waals surface area contributed by atoms with E-state index in [2.05, 4.69) is 20.8 Å². The summed E-state index contributed by atoms with van der Waals surface area (Å²) < 4.78 is 12.1. The Morgan fingerprint density at radius 1 is 0.784 bits per heavy atom. The summed E-state index contributed by atoms with van der Waals surface area (Å²) in [7, 11) is 5.91. The van der Waals surface area contributed by atoms with E-state index in [1.165, 1.54) is 80.4 Å². The lowest BCUT2D eigenvalue weighted by molar-refractivity contribution is -0.873. The molecule has 0 aliphatic heterocycles. The van der Waals surface area contributed by atoms with Crippen molar-refractivity contribution >= 4 is 11.9 Å². The average Bonchev–Trinajstić information content (AvgIpc) is 3.05. The zero-order valence-electron chi connectivity index (χ0n) is 24.8. The number of carbonyl (C=O) groups is 2.